The van der Waals surface area contributed by atoms with Gasteiger partial charge >= 0.3 is 0 Å². The van der Waals surface area contributed by atoms with Gasteiger partial charge in [-0.05, 0) is 0 Å². The molecule has 0 amide bonds. The average Bonchev–Trinajstić information content (AvgIpc) is 2.54. The highest BCUT2D eigenvalue weighted by Crippen LogP contribution is 2.25. The topological polar surface area (TPSA) is 43.8 Å². The average molecular weight is 215 g/mol. The number of aromatic nitrogens is 2. The molecule has 13 heavy (non-hydrogen) atoms. The fraction of sp³-hybridized carbons (Fsp3) is 0.625. The van der Waals surface area contributed by atoms with Gasteiger partial charge < -0.3 is 10.3 Å². The minimum Gasteiger partial charge on any atom is -0.369 e. The van der Waals surface area contributed by atoms with E-state index >= 15 is 0 Å². The van der Waals surface area contributed by atoms with Crippen molar-refractivity contribution < 1.29 is 0 Å². The third-order valence-electron chi connectivity index (χ3n) is 2.03. The molecule has 2 rings (SSSR count). The number of rotatable bonds is 2. The third-order valence-corrected chi connectivity index (χ3v) is 4.86. The molecule has 0 aromatic carbocycles. The molecule has 0 bridgehead atoms. The minimum absolute atomic E-state index is 0.635. The smallest absolute Gasteiger partial charge is 0.200 e. The molecule has 0 radical (unpaired) electrons. The van der Waals surface area contributed by atoms with Crippen LogP contribution in [0.25, 0.3) is 0 Å². The maximum Gasteiger partial charge on any atom is 0.200 e. The summed E-state index contributed by atoms with van der Waals surface area (Å²) in [4.78, 5) is 4.01. The predicted molar refractivity (Wildman–Crippen MR) is 60.2 cm³/mol. The number of nitrogens with two attached hydrogens (primary N) is 1. The standard InChI is InChI=1S/C8H13N3S2/c9-8-10-1-2-11(8)5-7-6-12-3-4-13-7/h1-2,7H,3-6H2,(H2,9,10). The SMILES string of the molecule is Nc1nccn1CC1CSCCS1. The summed E-state index contributed by atoms with van der Waals surface area (Å²) in [6, 6.07) is 0. The van der Waals surface area contributed by atoms with E-state index < -0.39 is 0 Å². The van der Waals surface area contributed by atoms with Gasteiger partial charge in [0, 0.05) is 41.4 Å². The van der Waals surface area contributed by atoms with E-state index in [0.29, 0.717) is 11.2 Å². The van der Waals surface area contributed by atoms with Crippen LogP contribution in [0.2, 0.25) is 0 Å². The summed E-state index contributed by atoms with van der Waals surface area (Å²) in [5.41, 5.74) is 5.69. The van der Waals surface area contributed by atoms with E-state index in [2.05, 4.69) is 4.98 Å². The Bertz CT molecular complexity index is 268. The molecule has 0 aliphatic carbocycles. The van der Waals surface area contributed by atoms with Crippen LogP contribution in [0, 0.1) is 0 Å². The number of thioether (sulfide) groups is 2. The zero-order valence-electron chi connectivity index (χ0n) is 7.35. The second kappa shape index (κ2) is 4.28. The van der Waals surface area contributed by atoms with Gasteiger partial charge in [0.25, 0.3) is 0 Å². The van der Waals surface area contributed by atoms with E-state index in [1.54, 1.807) is 6.20 Å². The van der Waals surface area contributed by atoms with Crippen LogP contribution < -0.4 is 5.73 Å². The highest BCUT2D eigenvalue weighted by Gasteiger charge is 2.15. The van der Waals surface area contributed by atoms with Gasteiger partial charge in [0.05, 0.1) is 0 Å². The molecule has 1 aliphatic rings. The predicted octanol–water partition coefficient (Wildman–Crippen LogP) is 1.31. The first-order chi connectivity index (χ1) is 6.36. The van der Waals surface area contributed by atoms with Crippen molar-refractivity contribution in [3.05, 3.63) is 12.4 Å². The maximum absolute atomic E-state index is 5.69. The van der Waals surface area contributed by atoms with E-state index in [1.807, 2.05) is 34.3 Å². The number of nitrogen functional groups attached to an aromatic ring is 1. The Kier molecular flexibility index (Phi) is 3.05. The summed E-state index contributed by atoms with van der Waals surface area (Å²) in [5, 5.41) is 0.704. The summed E-state index contributed by atoms with van der Waals surface area (Å²) in [7, 11) is 0. The van der Waals surface area contributed by atoms with Crippen LogP contribution in [-0.4, -0.2) is 32.1 Å². The highest BCUT2D eigenvalue weighted by molar-refractivity contribution is 8.06. The lowest BCUT2D eigenvalue weighted by Gasteiger charge is -2.21. The van der Waals surface area contributed by atoms with Crippen LogP contribution in [0.15, 0.2) is 12.4 Å². The Morgan fingerprint density at radius 1 is 1.62 bits per heavy atom. The fourth-order valence-electron chi connectivity index (χ4n) is 1.36. The molecular formula is C8H13N3S2. The van der Waals surface area contributed by atoms with Gasteiger partial charge in [0.15, 0.2) is 5.95 Å². The molecule has 1 aromatic rings. The first kappa shape index (κ1) is 9.27. The molecule has 1 aliphatic heterocycles. The quantitative estimate of drug-likeness (QED) is 0.808. The minimum atomic E-state index is 0.635. The van der Waals surface area contributed by atoms with Crippen molar-refractivity contribution in [1.29, 1.82) is 0 Å². The van der Waals surface area contributed by atoms with Gasteiger partial charge in [-0.3, -0.25) is 0 Å². The summed E-state index contributed by atoms with van der Waals surface area (Å²) < 4.78 is 2.03. The van der Waals surface area contributed by atoms with Gasteiger partial charge in [0.1, 0.15) is 0 Å². The Morgan fingerprint density at radius 3 is 3.15 bits per heavy atom. The van der Waals surface area contributed by atoms with E-state index in [-0.39, 0.29) is 0 Å². The van der Waals surface area contributed by atoms with Crippen molar-refractivity contribution in [2.75, 3.05) is 23.0 Å². The van der Waals surface area contributed by atoms with Gasteiger partial charge in [-0.2, -0.15) is 23.5 Å². The number of anilines is 1. The number of nitrogens with zero attached hydrogens (tertiary/aromatic N) is 2. The molecule has 0 spiro atoms. The van der Waals surface area contributed by atoms with Crippen LogP contribution >= 0.6 is 23.5 Å². The van der Waals surface area contributed by atoms with Crippen LogP contribution in [0.3, 0.4) is 0 Å². The van der Waals surface area contributed by atoms with Crippen LogP contribution in [0.4, 0.5) is 5.95 Å². The van der Waals surface area contributed by atoms with Crippen LogP contribution in [0.5, 0.6) is 0 Å². The molecule has 1 fully saturated rings. The molecule has 1 unspecified atom stereocenters. The molecule has 5 heteroatoms. The van der Waals surface area contributed by atoms with Crippen molar-refractivity contribution in [2.45, 2.75) is 11.8 Å². The Balaban J connectivity index is 1.93. The summed E-state index contributed by atoms with van der Waals surface area (Å²) in [5.74, 6) is 4.43. The molecule has 1 atom stereocenters. The largest absolute Gasteiger partial charge is 0.369 e. The van der Waals surface area contributed by atoms with Crippen molar-refractivity contribution in [2.24, 2.45) is 0 Å². The molecule has 3 nitrogen and oxygen atoms in total. The first-order valence-corrected chi connectivity index (χ1v) is 6.52. The Hall–Kier alpha value is -0.290. The molecule has 1 aromatic heterocycles. The van der Waals surface area contributed by atoms with Crippen molar-refractivity contribution in [3.8, 4) is 0 Å². The van der Waals surface area contributed by atoms with Crippen molar-refractivity contribution in [3.63, 3.8) is 0 Å². The molecule has 2 N–H and O–H groups in total. The third kappa shape index (κ3) is 2.34. The Labute approximate surface area is 86.5 Å². The number of imidazole rings is 1. The second-order valence-corrected chi connectivity index (χ2v) is 5.56. The highest BCUT2D eigenvalue weighted by atomic mass is 32.2. The summed E-state index contributed by atoms with van der Waals surface area (Å²) in [6.45, 7) is 1.00. The maximum atomic E-state index is 5.69. The van der Waals surface area contributed by atoms with Crippen molar-refractivity contribution in [1.82, 2.24) is 9.55 Å². The lowest BCUT2D eigenvalue weighted by Crippen LogP contribution is -2.20. The molecule has 2 heterocycles. The lowest BCUT2D eigenvalue weighted by molar-refractivity contribution is 0.704. The summed E-state index contributed by atoms with van der Waals surface area (Å²) >= 11 is 4.08. The lowest BCUT2D eigenvalue weighted by atomic mass is 10.4. The number of hydrogen-bond donors (Lipinski definition) is 1. The van der Waals surface area contributed by atoms with Crippen LogP contribution in [-0.2, 0) is 6.54 Å². The van der Waals surface area contributed by atoms with E-state index in [9.17, 15) is 0 Å². The van der Waals surface area contributed by atoms with E-state index in [1.165, 1.54) is 17.3 Å². The molecule has 72 valence electrons. The molecular weight excluding hydrogens is 202 g/mol. The second-order valence-electron chi connectivity index (χ2n) is 3.01. The molecule has 0 saturated carbocycles. The summed E-state index contributed by atoms with van der Waals surface area (Å²) in [6.07, 6.45) is 3.71. The van der Waals surface area contributed by atoms with Crippen LogP contribution in [0.1, 0.15) is 0 Å². The van der Waals surface area contributed by atoms with Gasteiger partial charge in [-0.25, -0.2) is 4.98 Å². The van der Waals surface area contributed by atoms with Gasteiger partial charge in [-0.1, -0.05) is 0 Å². The Morgan fingerprint density at radius 2 is 2.54 bits per heavy atom. The normalized spacial score (nSPS) is 23.2. The van der Waals surface area contributed by atoms with Gasteiger partial charge in [0.2, 0.25) is 0 Å². The van der Waals surface area contributed by atoms with Crippen molar-refractivity contribution >= 4 is 29.5 Å². The van der Waals surface area contributed by atoms with E-state index in [0.717, 1.165) is 6.54 Å². The number of hydrogen-bond acceptors (Lipinski definition) is 4. The van der Waals surface area contributed by atoms with E-state index in [4.69, 9.17) is 5.73 Å². The first-order valence-electron chi connectivity index (χ1n) is 4.32. The molecule has 1 saturated heterocycles. The fourth-order valence-corrected chi connectivity index (χ4v) is 4.02. The zero-order valence-corrected chi connectivity index (χ0v) is 8.98. The van der Waals surface area contributed by atoms with Gasteiger partial charge in [-0.15, -0.1) is 0 Å². The zero-order chi connectivity index (χ0) is 9.10. The monoisotopic (exact) mass is 215 g/mol.